The number of nitrogens with zero attached hydrogens (tertiary/aromatic N) is 2. The number of hydrogen-bond donors (Lipinski definition) is 3. The summed E-state index contributed by atoms with van der Waals surface area (Å²) < 4.78 is 18.6. The van der Waals surface area contributed by atoms with Gasteiger partial charge in [0.1, 0.15) is 17.6 Å². The summed E-state index contributed by atoms with van der Waals surface area (Å²) in [7, 11) is 0. The molecule has 1 heterocycles. The molecule has 3 N–H and O–H groups in total. The maximum Gasteiger partial charge on any atom is 0.321 e. The Morgan fingerprint density at radius 2 is 1.82 bits per heavy atom. The lowest BCUT2D eigenvalue weighted by molar-refractivity contribution is -0.118. The van der Waals surface area contributed by atoms with E-state index in [1.54, 1.807) is 48.8 Å². The Balaban J connectivity index is 1.57. The molecule has 2 aromatic carbocycles. The van der Waals surface area contributed by atoms with Gasteiger partial charge in [-0.25, -0.2) is 19.2 Å². The molecule has 3 amide bonds. The number of amides is 3. The number of benzene rings is 2. The SMILES string of the molecule is CCCC(NC(=O)NCc1ccc(F)cc1)C(=O)Nc1ccc(Oc2ncccn2)cc1C. The Kier molecular flexibility index (Phi) is 8.29. The van der Waals surface area contributed by atoms with Crippen molar-refractivity contribution in [1.82, 2.24) is 20.6 Å². The van der Waals surface area contributed by atoms with E-state index >= 15 is 0 Å². The lowest BCUT2D eigenvalue weighted by Crippen LogP contribution is -2.47. The number of anilines is 1. The van der Waals surface area contributed by atoms with E-state index in [0.29, 0.717) is 24.3 Å². The van der Waals surface area contributed by atoms with E-state index in [0.717, 1.165) is 11.1 Å². The summed E-state index contributed by atoms with van der Waals surface area (Å²) in [5.41, 5.74) is 2.14. The van der Waals surface area contributed by atoms with Gasteiger partial charge in [0.15, 0.2) is 0 Å². The Morgan fingerprint density at radius 1 is 1.09 bits per heavy atom. The van der Waals surface area contributed by atoms with Crippen molar-refractivity contribution in [3.05, 3.63) is 77.9 Å². The van der Waals surface area contributed by atoms with Crippen molar-refractivity contribution in [2.24, 2.45) is 0 Å². The number of hydrogen-bond acceptors (Lipinski definition) is 5. The highest BCUT2D eigenvalue weighted by Crippen LogP contribution is 2.24. The zero-order valence-electron chi connectivity index (χ0n) is 18.5. The van der Waals surface area contributed by atoms with Gasteiger partial charge < -0.3 is 20.7 Å². The second kappa shape index (κ2) is 11.6. The first kappa shape index (κ1) is 23.6. The van der Waals surface area contributed by atoms with Gasteiger partial charge in [0, 0.05) is 24.6 Å². The zero-order valence-corrected chi connectivity index (χ0v) is 18.5. The van der Waals surface area contributed by atoms with E-state index < -0.39 is 12.1 Å². The van der Waals surface area contributed by atoms with Gasteiger partial charge >= 0.3 is 12.0 Å². The predicted octanol–water partition coefficient (Wildman–Crippen LogP) is 4.32. The molecule has 0 aliphatic heterocycles. The normalized spacial score (nSPS) is 11.4. The van der Waals surface area contributed by atoms with Crippen LogP contribution in [0.2, 0.25) is 0 Å². The van der Waals surface area contributed by atoms with Crippen LogP contribution >= 0.6 is 0 Å². The van der Waals surface area contributed by atoms with Crippen LogP contribution in [-0.2, 0) is 11.3 Å². The van der Waals surface area contributed by atoms with Gasteiger partial charge in [-0.3, -0.25) is 4.79 Å². The maximum atomic E-state index is 13.0. The maximum absolute atomic E-state index is 13.0. The van der Waals surface area contributed by atoms with Gasteiger partial charge in [0.05, 0.1) is 0 Å². The van der Waals surface area contributed by atoms with Gasteiger partial charge in [-0.2, -0.15) is 0 Å². The molecular weight excluding hydrogens is 425 g/mol. The second-order valence-corrected chi connectivity index (χ2v) is 7.39. The van der Waals surface area contributed by atoms with E-state index in [4.69, 9.17) is 4.74 Å². The first-order valence-corrected chi connectivity index (χ1v) is 10.6. The minimum Gasteiger partial charge on any atom is -0.424 e. The number of rotatable bonds is 9. The van der Waals surface area contributed by atoms with Crippen molar-refractivity contribution in [2.45, 2.75) is 39.3 Å². The molecule has 9 heteroatoms. The number of nitrogens with one attached hydrogen (secondary N) is 3. The molecule has 0 radical (unpaired) electrons. The average molecular weight is 452 g/mol. The zero-order chi connectivity index (χ0) is 23.6. The van der Waals surface area contributed by atoms with Crippen LogP contribution in [0, 0.1) is 12.7 Å². The van der Waals surface area contributed by atoms with Gasteiger partial charge in [0.2, 0.25) is 5.91 Å². The fourth-order valence-electron chi connectivity index (χ4n) is 3.05. The minimum absolute atomic E-state index is 0.221. The smallest absolute Gasteiger partial charge is 0.321 e. The third-order valence-electron chi connectivity index (χ3n) is 4.77. The molecule has 1 aromatic heterocycles. The lowest BCUT2D eigenvalue weighted by atomic mass is 10.1. The Morgan fingerprint density at radius 3 is 2.48 bits per heavy atom. The number of ether oxygens (including phenoxy) is 1. The lowest BCUT2D eigenvalue weighted by Gasteiger charge is -2.19. The van der Waals surface area contributed by atoms with Crippen LogP contribution in [0.4, 0.5) is 14.9 Å². The number of aryl methyl sites for hydroxylation is 1. The number of carbonyl (C=O) groups is 2. The molecule has 0 fully saturated rings. The topological polar surface area (TPSA) is 105 Å². The van der Waals surface area contributed by atoms with Crippen molar-refractivity contribution < 1.29 is 18.7 Å². The Hall–Kier alpha value is -4.01. The van der Waals surface area contributed by atoms with Crippen molar-refractivity contribution in [3.8, 4) is 11.8 Å². The number of halogens is 1. The van der Waals surface area contributed by atoms with Crippen molar-refractivity contribution in [2.75, 3.05) is 5.32 Å². The molecule has 0 bridgehead atoms. The van der Waals surface area contributed by atoms with Gasteiger partial charge in [-0.05, 0) is 60.9 Å². The molecule has 1 unspecified atom stereocenters. The summed E-state index contributed by atoms with van der Waals surface area (Å²) in [5, 5.41) is 8.25. The van der Waals surface area contributed by atoms with E-state index in [9.17, 15) is 14.0 Å². The summed E-state index contributed by atoms with van der Waals surface area (Å²) >= 11 is 0. The van der Waals surface area contributed by atoms with Gasteiger partial charge in [-0.15, -0.1) is 0 Å². The van der Waals surface area contributed by atoms with Crippen molar-refractivity contribution in [3.63, 3.8) is 0 Å². The monoisotopic (exact) mass is 451 g/mol. The summed E-state index contributed by atoms with van der Waals surface area (Å²) in [4.78, 5) is 33.2. The molecule has 0 aliphatic rings. The fourth-order valence-corrected chi connectivity index (χ4v) is 3.05. The second-order valence-electron chi connectivity index (χ2n) is 7.39. The first-order valence-electron chi connectivity index (χ1n) is 10.6. The molecule has 0 saturated heterocycles. The van der Waals surface area contributed by atoms with E-state index in [1.165, 1.54) is 12.1 Å². The van der Waals surface area contributed by atoms with Crippen LogP contribution in [0.25, 0.3) is 0 Å². The van der Waals surface area contributed by atoms with Crippen LogP contribution in [0.1, 0.15) is 30.9 Å². The highest BCUT2D eigenvalue weighted by atomic mass is 19.1. The molecule has 1 atom stereocenters. The minimum atomic E-state index is -0.712. The van der Waals surface area contributed by atoms with Crippen LogP contribution in [0.5, 0.6) is 11.8 Å². The Bertz CT molecular complexity index is 1080. The summed E-state index contributed by atoms with van der Waals surface area (Å²) in [6, 6.07) is 11.8. The third kappa shape index (κ3) is 7.27. The van der Waals surface area contributed by atoms with Crippen LogP contribution in [-0.4, -0.2) is 27.9 Å². The molecule has 0 spiro atoms. The van der Waals surface area contributed by atoms with E-state index in [-0.39, 0.29) is 24.3 Å². The van der Waals surface area contributed by atoms with Gasteiger partial charge in [0.25, 0.3) is 0 Å². The molecule has 8 nitrogen and oxygen atoms in total. The Labute approximate surface area is 191 Å². The number of carbonyl (C=O) groups excluding carboxylic acids is 2. The van der Waals surface area contributed by atoms with Crippen LogP contribution < -0.4 is 20.7 Å². The number of urea groups is 1. The van der Waals surface area contributed by atoms with Crippen molar-refractivity contribution in [1.29, 1.82) is 0 Å². The summed E-state index contributed by atoms with van der Waals surface area (Å²) in [6.07, 6.45) is 4.35. The molecule has 3 aromatic rings. The molecular formula is C24H26FN5O3. The highest BCUT2D eigenvalue weighted by Gasteiger charge is 2.20. The van der Waals surface area contributed by atoms with E-state index in [2.05, 4.69) is 25.9 Å². The van der Waals surface area contributed by atoms with Crippen LogP contribution in [0.3, 0.4) is 0 Å². The number of aromatic nitrogens is 2. The first-order chi connectivity index (χ1) is 15.9. The predicted molar refractivity (Wildman–Crippen MR) is 122 cm³/mol. The quantitative estimate of drug-likeness (QED) is 0.449. The van der Waals surface area contributed by atoms with Gasteiger partial charge in [-0.1, -0.05) is 25.5 Å². The molecule has 172 valence electrons. The third-order valence-corrected chi connectivity index (χ3v) is 4.77. The average Bonchev–Trinajstić information content (AvgIpc) is 2.81. The molecule has 33 heavy (non-hydrogen) atoms. The van der Waals surface area contributed by atoms with Crippen molar-refractivity contribution >= 4 is 17.6 Å². The van der Waals surface area contributed by atoms with Crippen LogP contribution in [0.15, 0.2) is 60.9 Å². The molecule has 0 saturated carbocycles. The fraction of sp³-hybridized carbons (Fsp3) is 0.250. The molecule has 0 aliphatic carbocycles. The summed E-state index contributed by atoms with van der Waals surface area (Å²) in [5.74, 6) is -0.122. The largest absolute Gasteiger partial charge is 0.424 e. The summed E-state index contributed by atoms with van der Waals surface area (Å²) in [6.45, 7) is 3.99. The highest BCUT2D eigenvalue weighted by molar-refractivity contribution is 5.97. The van der Waals surface area contributed by atoms with E-state index in [1.807, 2.05) is 13.8 Å². The standard InChI is InChI=1S/C24H26FN5O3/c1-3-5-21(30-23(32)28-15-17-6-8-18(25)9-7-17)22(31)29-20-11-10-19(14-16(20)2)33-24-26-12-4-13-27-24/h4,6-14,21H,3,5,15H2,1-2H3,(H,29,31)(H2,28,30,32). The molecule has 3 rings (SSSR count).